The number of primary amides is 1. The molecular formula is C17H24FN3O2. The number of piperidine rings is 1. The van der Waals surface area contributed by atoms with Crippen LogP contribution in [0.5, 0.6) is 0 Å². The first-order chi connectivity index (χ1) is 10.9. The summed E-state index contributed by atoms with van der Waals surface area (Å²) in [6, 6.07) is 6.00. The van der Waals surface area contributed by atoms with Crippen molar-refractivity contribution in [3.8, 4) is 0 Å². The molecule has 2 rings (SSSR count). The summed E-state index contributed by atoms with van der Waals surface area (Å²) in [6.45, 7) is 3.62. The van der Waals surface area contributed by atoms with Gasteiger partial charge in [0.05, 0.1) is 6.04 Å². The Morgan fingerprint density at radius 2 is 2.04 bits per heavy atom. The molecule has 1 saturated heterocycles. The minimum atomic E-state index is -0.301. The number of benzene rings is 1. The van der Waals surface area contributed by atoms with Crippen LogP contribution in [-0.4, -0.2) is 47.8 Å². The molecule has 0 aliphatic carbocycles. The van der Waals surface area contributed by atoms with Gasteiger partial charge in [0, 0.05) is 19.5 Å². The van der Waals surface area contributed by atoms with Crippen LogP contribution >= 0.6 is 0 Å². The van der Waals surface area contributed by atoms with Gasteiger partial charge in [0.2, 0.25) is 11.8 Å². The van der Waals surface area contributed by atoms with Gasteiger partial charge in [-0.3, -0.25) is 14.5 Å². The second kappa shape index (κ2) is 7.55. The highest BCUT2D eigenvalue weighted by molar-refractivity contribution is 5.81. The number of nitrogens with zero attached hydrogens (tertiary/aromatic N) is 2. The minimum absolute atomic E-state index is 0.00761. The van der Waals surface area contributed by atoms with Gasteiger partial charge < -0.3 is 10.6 Å². The molecule has 6 heteroatoms. The van der Waals surface area contributed by atoms with Crippen molar-refractivity contribution in [3.63, 3.8) is 0 Å². The van der Waals surface area contributed by atoms with Gasteiger partial charge in [-0.15, -0.1) is 0 Å². The fraction of sp³-hybridized carbons (Fsp3) is 0.529. The van der Waals surface area contributed by atoms with E-state index >= 15 is 0 Å². The van der Waals surface area contributed by atoms with E-state index in [1.807, 2.05) is 6.92 Å². The highest BCUT2D eigenvalue weighted by Gasteiger charge is 2.30. The Hall–Kier alpha value is -1.95. The molecule has 1 heterocycles. The average Bonchev–Trinajstić information content (AvgIpc) is 2.53. The fourth-order valence-corrected chi connectivity index (χ4v) is 3.03. The van der Waals surface area contributed by atoms with E-state index < -0.39 is 0 Å². The van der Waals surface area contributed by atoms with Gasteiger partial charge in [-0.1, -0.05) is 12.1 Å². The summed E-state index contributed by atoms with van der Waals surface area (Å²) in [4.78, 5) is 27.4. The quantitative estimate of drug-likeness (QED) is 0.891. The summed E-state index contributed by atoms with van der Waals surface area (Å²) in [6.07, 6.45) is 1.39. The lowest BCUT2D eigenvalue weighted by Crippen LogP contribution is -2.49. The van der Waals surface area contributed by atoms with Gasteiger partial charge in [-0.25, -0.2) is 4.39 Å². The summed E-state index contributed by atoms with van der Waals surface area (Å²) < 4.78 is 13.2. The van der Waals surface area contributed by atoms with Crippen LogP contribution in [0.1, 0.15) is 25.3 Å². The van der Waals surface area contributed by atoms with Crippen LogP contribution in [-0.2, 0) is 16.1 Å². The molecule has 0 spiro atoms. The van der Waals surface area contributed by atoms with Crippen LogP contribution in [0.2, 0.25) is 0 Å². The molecule has 0 saturated carbocycles. The molecule has 23 heavy (non-hydrogen) atoms. The van der Waals surface area contributed by atoms with E-state index in [4.69, 9.17) is 5.73 Å². The van der Waals surface area contributed by atoms with E-state index in [2.05, 4.69) is 4.90 Å². The molecule has 2 N–H and O–H groups in total. The van der Waals surface area contributed by atoms with Crippen molar-refractivity contribution in [1.82, 2.24) is 9.80 Å². The smallest absolute Gasteiger partial charge is 0.239 e. The molecule has 1 aliphatic heterocycles. The Morgan fingerprint density at radius 1 is 1.39 bits per heavy atom. The number of likely N-dealkylation sites (tertiary alicyclic amines) is 1. The summed E-state index contributed by atoms with van der Waals surface area (Å²) >= 11 is 0. The maximum absolute atomic E-state index is 13.2. The Bertz CT molecular complexity index is 571. The van der Waals surface area contributed by atoms with E-state index in [-0.39, 0.29) is 29.6 Å². The van der Waals surface area contributed by atoms with E-state index in [1.54, 1.807) is 24.1 Å². The highest BCUT2D eigenvalue weighted by atomic mass is 19.1. The molecule has 1 unspecified atom stereocenters. The number of carbonyl (C=O) groups is 2. The Kier molecular flexibility index (Phi) is 5.71. The predicted octanol–water partition coefficient (Wildman–Crippen LogP) is 1.37. The number of rotatable bonds is 5. The zero-order valence-corrected chi connectivity index (χ0v) is 13.7. The van der Waals surface area contributed by atoms with Crippen molar-refractivity contribution >= 4 is 11.8 Å². The molecule has 1 aromatic rings. The van der Waals surface area contributed by atoms with Crippen LogP contribution in [0.3, 0.4) is 0 Å². The molecule has 2 amide bonds. The van der Waals surface area contributed by atoms with Gasteiger partial charge in [-0.05, 0) is 50.6 Å². The van der Waals surface area contributed by atoms with Crippen molar-refractivity contribution in [2.45, 2.75) is 32.4 Å². The Morgan fingerprint density at radius 3 is 2.61 bits per heavy atom. The third-order valence-corrected chi connectivity index (χ3v) is 4.52. The molecule has 0 aromatic heterocycles. The van der Waals surface area contributed by atoms with Crippen LogP contribution in [0.4, 0.5) is 4.39 Å². The first-order valence-electron chi connectivity index (χ1n) is 7.91. The standard InChI is InChI=1S/C17H24FN3O2/c1-12(21-8-6-14(7-9-21)16(19)22)17(23)20(2)11-13-4-3-5-15(18)10-13/h3-5,10,12,14H,6-9,11H2,1-2H3,(H2,19,22). The second-order valence-electron chi connectivity index (χ2n) is 6.21. The summed E-state index contributed by atoms with van der Waals surface area (Å²) in [5.41, 5.74) is 6.10. The number of likely N-dealkylation sites (N-methyl/N-ethyl adjacent to an activating group) is 1. The highest BCUT2D eigenvalue weighted by Crippen LogP contribution is 2.19. The minimum Gasteiger partial charge on any atom is -0.369 e. The van der Waals surface area contributed by atoms with Crippen LogP contribution in [0.15, 0.2) is 24.3 Å². The van der Waals surface area contributed by atoms with Crippen molar-refractivity contribution in [2.75, 3.05) is 20.1 Å². The van der Waals surface area contributed by atoms with Crippen molar-refractivity contribution < 1.29 is 14.0 Å². The van der Waals surface area contributed by atoms with Gasteiger partial charge in [0.1, 0.15) is 5.82 Å². The first-order valence-corrected chi connectivity index (χ1v) is 7.91. The predicted molar refractivity (Wildman–Crippen MR) is 85.8 cm³/mol. The maximum atomic E-state index is 13.2. The van der Waals surface area contributed by atoms with E-state index in [1.165, 1.54) is 12.1 Å². The van der Waals surface area contributed by atoms with Gasteiger partial charge in [0.15, 0.2) is 0 Å². The first kappa shape index (κ1) is 17.4. The number of nitrogens with two attached hydrogens (primary N) is 1. The molecular weight excluding hydrogens is 297 g/mol. The number of carbonyl (C=O) groups excluding carboxylic acids is 2. The largest absolute Gasteiger partial charge is 0.369 e. The van der Waals surface area contributed by atoms with Crippen molar-refractivity contribution in [1.29, 1.82) is 0 Å². The number of amides is 2. The van der Waals surface area contributed by atoms with Crippen LogP contribution in [0, 0.1) is 11.7 Å². The lowest BCUT2D eigenvalue weighted by atomic mass is 9.95. The zero-order valence-electron chi connectivity index (χ0n) is 13.7. The molecule has 1 aliphatic rings. The number of halogens is 1. The van der Waals surface area contributed by atoms with Gasteiger partial charge in [-0.2, -0.15) is 0 Å². The summed E-state index contributed by atoms with van der Waals surface area (Å²) in [5, 5.41) is 0. The lowest BCUT2D eigenvalue weighted by molar-refractivity contribution is -0.136. The SMILES string of the molecule is CC(C(=O)N(C)Cc1cccc(F)c1)N1CCC(C(N)=O)CC1. The lowest BCUT2D eigenvalue weighted by Gasteiger charge is -2.35. The maximum Gasteiger partial charge on any atom is 0.239 e. The second-order valence-corrected chi connectivity index (χ2v) is 6.21. The van der Waals surface area contributed by atoms with Crippen molar-refractivity contribution in [3.05, 3.63) is 35.6 Å². The molecule has 1 fully saturated rings. The molecule has 5 nitrogen and oxygen atoms in total. The van der Waals surface area contributed by atoms with E-state index in [9.17, 15) is 14.0 Å². The number of hydrogen-bond acceptors (Lipinski definition) is 3. The topological polar surface area (TPSA) is 66.6 Å². The Balaban J connectivity index is 1.90. The number of hydrogen-bond donors (Lipinski definition) is 1. The molecule has 1 aromatic carbocycles. The Labute approximate surface area is 136 Å². The normalized spacial score (nSPS) is 17.7. The summed E-state index contributed by atoms with van der Waals surface area (Å²) in [7, 11) is 1.72. The third kappa shape index (κ3) is 4.51. The van der Waals surface area contributed by atoms with Gasteiger partial charge >= 0.3 is 0 Å². The molecule has 1 atom stereocenters. The zero-order chi connectivity index (χ0) is 17.0. The van der Waals surface area contributed by atoms with Crippen LogP contribution < -0.4 is 5.73 Å². The third-order valence-electron chi connectivity index (χ3n) is 4.52. The average molecular weight is 321 g/mol. The van der Waals surface area contributed by atoms with E-state index in [0.717, 1.165) is 5.56 Å². The molecule has 126 valence electrons. The monoisotopic (exact) mass is 321 g/mol. The molecule has 0 radical (unpaired) electrons. The summed E-state index contributed by atoms with van der Waals surface area (Å²) in [5.74, 6) is -0.651. The fourth-order valence-electron chi connectivity index (χ4n) is 3.03. The van der Waals surface area contributed by atoms with E-state index in [0.29, 0.717) is 32.5 Å². The van der Waals surface area contributed by atoms with Gasteiger partial charge in [0.25, 0.3) is 0 Å². The van der Waals surface area contributed by atoms with Crippen LogP contribution in [0.25, 0.3) is 0 Å². The molecule has 0 bridgehead atoms. The van der Waals surface area contributed by atoms with Crippen molar-refractivity contribution in [2.24, 2.45) is 11.7 Å².